The molecule has 0 saturated heterocycles. The summed E-state index contributed by atoms with van der Waals surface area (Å²) in [6.45, 7) is 0. The third kappa shape index (κ3) is 8.15. The van der Waals surface area contributed by atoms with Gasteiger partial charge in [-0.05, 0) is 175 Å². The number of hydrogen-bond acceptors (Lipinski definition) is 2. The second-order valence-electron chi connectivity index (χ2n) is 21.9. The molecule has 0 aliphatic heterocycles. The van der Waals surface area contributed by atoms with Crippen LogP contribution in [-0.4, -0.2) is 9.97 Å². The van der Waals surface area contributed by atoms with Gasteiger partial charge in [-0.2, -0.15) is 0 Å². The number of thiophene rings is 2. The highest BCUT2D eigenvalue weighted by atomic mass is 79.9. The maximum atomic E-state index is 4.26. The van der Waals surface area contributed by atoms with Crippen molar-refractivity contribution in [3.8, 4) is 89.0 Å². The van der Waals surface area contributed by atoms with Crippen LogP contribution >= 0.6 is 54.5 Å². The first-order valence-corrected chi connectivity index (χ1v) is 31.5. The first kappa shape index (κ1) is 49.5. The molecule has 0 aliphatic rings. The van der Waals surface area contributed by atoms with E-state index in [9.17, 15) is 0 Å². The minimum absolute atomic E-state index is 1.01. The van der Waals surface area contributed by atoms with Crippen LogP contribution < -0.4 is 0 Å². The third-order valence-electron chi connectivity index (χ3n) is 17.0. The topological polar surface area (TPSA) is 31.6 Å². The molecule has 84 heavy (non-hydrogen) atoms. The first-order valence-electron chi connectivity index (χ1n) is 28.2. The van der Waals surface area contributed by atoms with Gasteiger partial charge in [0.2, 0.25) is 0 Å². The van der Waals surface area contributed by atoms with Crippen LogP contribution in [0.2, 0.25) is 0 Å². The predicted octanol–water partition coefficient (Wildman–Crippen LogP) is 24.6. The predicted molar refractivity (Wildman–Crippen MR) is 370 cm³/mol. The highest BCUT2D eigenvalue weighted by molar-refractivity contribution is 9.11. The van der Waals surface area contributed by atoms with Crippen molar-refractivity contribution in [2.75, 3.05) is 0 Å². The molecule has 17 aromatic rings. The van der Waals surface area contributed by atoms with E-state index in [0.29, 0.717) is 0 Å². The molecule has 2 N–H and O–H groups in total. The molecule has 2 nitrogen and oxygen atoms in total. The van der Waals surface area contributed by atoms with Gasteiger partial charge in [0.1, 0.15) is 0 Å². The molecule has 17 rings (SSSR count). The lowest BCUT2D eigenvalue weighted by Crippen LogP contribution is -1.89. The lowest BCUT2D eigenvalue weighted by molar-refractivity contribution is 1.51. The largest absolute Gasteiger partial charge is 0.354 e. The van der Waals surface area contributed by atoms with E-state index >= 15 is 0 Å². The molecule has 0 unspecified atom stereocenters. The zero-order chi connectivity index (χ0) is 55.6. The molecule has 0 spiro atoms. The van der Waals surface area contributed by atoms with E-state index in [-0.39, 0.29) is 0 Å². The van der Waals surface area contributed by atoms with Gasteiger partial charge >= 0.3 is 0 Å². The maximum absolute atomic E-state index is 4.26. The van der Waals surface area contributed by atoms with Crippen molar-refractivity contribution in [2.45, 2.75) is 0 Å². The third-order valence-corrected chi connectivity index (χ3v) is 20.8. The molecule has 0 aliphatic carbocycles. The van der Waals surface area contributed by atoms with Crippen LogP contribution in [-0.2, 0) is 0 Å². The van der Waals surface area contributed by atoms with Gasteiger partial charge in [0, 0.05) is 93.0 Å². The second-order valence-corrected chi connectivity index (χ2v) is 25.8. The van der Waals surface area contributed by atoms with E-state index in [0.717, 1.165) is 53.3 Å². The van der Waals surface area contributed by atoms with Gasteiger partial charge in [-0.15, -0.1) is 22.7 Å². The Hall–Kier alpha value is -9.14. The van der Waals surface area contributed by atoms with Crippen LogP contribution in [0.25, 0.3) is 173 Å². The lowest BCUT2D eigenvalue weighted by Gasteiger charge is -2.14. The highest BCUT2D eigenvalue weighted by Gasteiger charge is 2.24. The van der Waals surface area contributed by atoms with Gasteiger partial charge in [-0.1, -0.05) is 202 Å². The summed E-state index contributed by atoms with van der Waals surface area (Å²) in [5.74, 6) is 0. The van der Waals surface area contributed by atoms with Crippen LogP contribution in [0.3, 0.4) is 0 Å². The molecule has 0 saturated carbocycles. The molecule has 0 radical (unpaired) electrons. The van der Waals surface area contributed by atoms with Crippen LogP contribution in [0.5, 0.6) is 0 Å². The zero-order valence-electron chi connectivity index (χ0n) is 45.0. The van der Waals surface area contributed by atoms with Crippen LogP contribution in [0.4, 0.5) is 0 Å². The number of hydrogen-bond donors (Lipinski definition) is 2. The molecule has 0 bridgehead atoms. The average Bonchev–Trinajstić information content (AvgIpc) is 2.51. The van der Waals surface area contributed by atoms with Crippen molar-refractivity contribution < 1.29 is 0 Å². The molecule has 0 atom stereocenters. The summed E-state index contributed by atoms with van der Waals surface area (Å²) in [7, 11) is 0. The molecule has 394 valence electrons. The zero-order valence-corrected chi connectivity index (χ0v) is 49.8. The quantitative estimate of drug-likeness (QED) is 0.152. The fraction of sp³-hybridized carbons (Fsp3) is 0. The molecule has 13 aromatic carbocycles. The molecule has 0 amide bonds. The van der Waals surface area contributed by atoms with Gasteiger partial charge in [0.25, 0.3) is 0 Å². The Kier molecular flexibility index (Phi) is 11.6. The highest BCUT2D eigenvalue weighted by Crippen LogP contribution is 2.51. The van der Waals surface area contributed by atoms with E-state index in [4.69, 9.17) is 0 Å². The number of halogens is 2. The molecular weight excluding hydrogens is 1190 g/mol. The first-order chi connectivity index (χ1) is 41.4. The molecule has 4 heterocycles. The fourth-order valence-corrected chi connectivity index (χ4v) is 16.6. The van der Waals surface area contributed by atoms with Crippen molar-refractivity contribution in [1.82, 2.24) is 9.97 Å². The van der Waals surface area contributed by atoms with E-state index < -0.39 is 0 Å². The number of fused-ring (bicyclic) bond motifs is 14. The number of aromatic amines is 2. The summed E-state index contributed by atoms with van der Waals surface area (Å²) in [5, 5.41) is 9.95. The molecular formula is C78H46Br2N2S2. The van der Waals surface area contributed by atoms with Crippen molar-refractivity contribution in [1.29, 1.82) is 0 Å². The fourth-order valence-electron chi connectivity index (χ4n) is 13.0. The van der Waals surface area contributed by atoms with E-state index in [1.54, 1.807) is 0 Å². The Labute approximate surface area is 509 Å². The Bertz CT molecular complexity index is 5040. The van der Waals surface area contributed by atoms with Crippen molar-refractivity contribution in [2.24, 2.45) is 0 Å². The Morgan fingerprint density at radius 3 is 0.917 bits per heavy atom. The number of benzene rings is 13. The summed E-state index contributed by atoms with van der Waals surface area (Å²) < 4.78 is 7.15. The summed E-state index contributed by atoms with van der Waals surface area (Å²) in [6.07, 6.45) is 0. The number of nitrogens with one attached hydrogen (secondary N) is 2. The summed E-state index contributed by atoms with van der Waals surface area (Å²) in [4.78, 5) is 8.01. The Morgan fingerprint density at radius 2 is 0.560 bits per heavy atom. The summed E-state index contributed by atoms with van der Waals surface area (Å²) >= 11 is 12.3. The SMILES string of the molecule is Brc1cc(-c2cc3c4ccccc4sc3c3c2[nH]c2ccc(-c4cc(-c5ccccc5)cc(-c5ccccc5)c4)cc23)c(Br)cc1-c1cc2c3ccccc3sc2c2c1[nH]c1ccc(-c3cc(-c4ccccc4)cc(-c4ccccc4)c3)cc12. The number of rotatable bonds is 8. The van der Waals surface area contributed by atoms with Gasteiger partial charge < -0.3 is 9.97 Å². The monoisotopic (exact) mass is 1230 g/mol. The van der Waals surface area contributed by atoms with Gasteiger partial charge in [0.15, 0.2) is 0 Å². The van der Waals surface area contributed by atoms with E-state index in [1.807, 2.05) is 22.7 Å². The van der Waals surface area contributed by atoms with Crippen LogP contribution in [0.15, 0.2) is 276 Å². The standard InChI is InChI=1S/C78H46Br2N2S2/c79-67-44-60(62-42-64-58-26-14-16-28-72(58)84-78(64)74-66-40-50(30-32-70(66)82-76(62)74)56-37-53(47-21-9-3-10-22-47)34-54(38-56)48-23-11-4-12-24-48)68(80)43-59(67)61-41-63-57-25-13-15-27-71(57)83-77(63)73-65-39-49(29-31-69(65)81-75(61)73)55-35-51(45-17-5-1-6-18-45)33-52(36-55)46-19-7-2-8-20-46/h1-44,81-82H. The Balaban J connectivity index is 0.848. The van der Waals surface area contributed by atoms with Gasteiger partial charge in [0.05, 0.1) is 11.0 Å². The van der Waals surface area contributed by atoms with Gasteiger partial charge in [-0.25, -0.2) is 0 Å². The lowest BCUT2D eigenvalue weighted by atomic mass is 9.92. The maximum Gasteiger partial charge on any atom is 0.0559 e. The Morgan fingerprint density at radius 1 is 0.238 bits per heavy atom. The van der Waals surface area contributed by atoms with Crippen molar-refractivity contribution in [3.63, 3.8) is 0 Å². The van der Waals surface area contributed by atoms with Crippen molar-refractivity contribution in [3.05, 3.63) is 276 Å². The van der Waals surface area contributed by atoms with Crippen molar-refractivity contribution >= 4 is 138 Å². The van der Waals surface area contributed by atoms with Gasteiger partial charge in [-0.3, -0.25) is 0 Å². The number of H-pyrrole nitrogens is 2. The van der Waals surface area contributed by atoms with Crippen LogP contribution in [0, 0.1) is 0 Å². The average molecular weight is 1240 g/mol. The van der Waals surface area contributed by atoms with E-state index in [2.05, 4.69) is 309 Å². The second kappa shape index (κ2) is 19.8. The van der Waals surface area contributed by atoms with Crippen LogP contribution in [0.1, 0.15) is 0 Å². The molecule has 0 fully saturated rings. The minimum atomic E-state index is 1.01. The summed E-state index contributed by atoms with van der Waals surface area (Å²) in [6, 6.07) is 98.2. The molecule has 4 aromatic heterocycles. The molecule has 6 heteroatoms. The van der Waals surface area contributed by atoms with E-state index in [1.165, 1.54) is 129 Å². The normalized spacial score (nSPS) is 11.9. The smallest absolute Gasteiger partial charge is 0.0559 e. The minimum Gasteiger partial charge on any atom is -0.354 e. The summed E-state index contributed by atoms with van der Waals surface area (Å²) in [5.41, 5.74) is 23.2. The number of aromatic nitrogens is 2.